The normalized spacial score (nSPS) is 13.9. The van der Waals surface area contributed by atoms with Crippen LogP contribution >= 0.6 is 0 Å². The minimum Gasteiger partial charge on any atom is -0.382 e. The van der Waals surface area contributed by atoms with Crippen molar-refractivity contribution in [2.45, 2.75) is 17.9 Å². The van der Waals surface area contributed by atoms with Gasteiger partial charge in [-0.25, -0.2) is 24.2 Å². The van der Waals surface area contributed by atoms with Gasteiger partial charge in [-0.05, 0) is 31.2 Å². The van der Waals surface area contributed by atoms with E-state index < -0.39 is 11.1 Å². The van der Waals surface area contributed by atoms with E-state index in [0.29, 0.717) is 28.4 Å². The summed E-state index contributed by atoms with van der Waals surface area (Å²) in [6.07, 6.45) is 6.30. The molecule has 3 aromatic heterocycles. The number of aliphatic imine (C=N–C) groups is 1. The maximum Gasteiger partial charge on any atom is 0.188 e. The van der Waals surface area contributed by atoms with Crippen LogP contribution in [0.25, 0.3) is 11.2 Å². The van der Waals surface area contributed by atoms with Gasteiger partial charge in [-0.15, -0.1) is 0 Å². The molecule has 11 heteroatoms. The van der Waals surface area contributed by atoms with Gasteiger partial charge in [-0.1, -0.05) is 12.1 Å². The number of fused-ring (bicyclic) bond motifs is 1. The summed E-state index contributed by atoms with van der Waals surface area (Å²) in [6, 6.07) is 9.93. The minimum absolute atomic E-state index is 0.206. The number of pyridine rings is 1. The van der Waals surface area contributed by atoms with E-state index in [1.54, 1.807) is 53.6 Å². The van der Waals surface area contributed by atoms with Gasteiger partial charge < -0.3 is 20.2 Å². The number of rotatable bonds is 5. The lowest BCUT2D eigenvalue weighted by molar-refractivity contribution is 0.564. The number of para-hydroxylation sites is 1. The number of anilines is 2. The van der Waals surface area contributed by atoms with Crippen molar-refractivity contribution < 1.29 is 8.76 Å². The molecule has 4 aromatic rings. The minimum atomic E-state index is -2.18. The van der Waals surface area contributed by atoms with Gasteiger partial charge in [0, 0.05) is 6.20 Å². The zero-order valence-corrected chi connectivity index (χ0v) is 16.7. The maximum atomic E-state index is 11.7. The Morgan fingerprint density at radius 1 is 1.23 bits per heavy atom. The van der Waals surface area contributed by atoms with Crippen LogP contribution in [0, 0.1) is 0 Å². The first-order valence-electron chi connectivity index (χ1n) is 8.93. The Morgan fingerprint density at radius 2 is 2.07 bits per heavy atom. The zero-order valence-electron chi connectivity index (χ0n) is 15.9. The Kier molecular flexibility index (Phi) is 5.46. The Balaban J connectivity index is 1.83. The number of amidine groups is 1. The lowest BCUT2D eigenvalue weighted by atomic mass is 10.2. The highest BCUT2D eigenvalue weighted by atomic mass is 32.2. The average molecular weight is 422 g/mol. The molecule has 1 aromatic carbocycles. The van der Waals surface area contributed by atoms with Crippen LogP contribution in [-0.4, -0.2) is 39.1 Å². The molecule has 2 atom stereocenters. The van der Waals surface area contributed by atoms with Crippen molar-refractivity contribution in [3.8, 4) is 0 Å². The smallest absolute Gasteiger partial charge is 0.188 e. The summed E-state index contributed by atoms with van der Waals surface area (Å²) in [5.41, 5.74) is 8.02. The fourth-order valence-electron chi connectivity index (χ4n) is 2.92. The van der Waals surface area contributed by atoms with E-state index >= 15 is 0 Å². The van der Waals surface area contributed by atoms with E-state index in [1.165, 1.54) is 6.33 Å². The molecule has 0 saturated carbocycles. The fourth-order valence-corrected chi connectivity index (χ4v) is 3.41. The average Bonchev–Trinajstić information content (AvgIpc) is 3.19. The summed E-state index contributed by atoms with van der Waals surface area (Å²) in [6.45, 7) is 1.90. The van der Waals surface area contributed by atoms with Crippen LogP contribution in [0.2, 0.25) is 0 Å². The van der Waals surface area contributed by atoms with Crippen LogP contribution in [0.5, 0.6) is 0 Å². The number of aromatic nitrogens is 5. The Morgan fingerprint density at radius 3 is 2.83 bits per heavy atom. The topological polar surface area (TPSA) is 144 Å². The molecule has 0 spiro atoms. The highest BCUT2D eigenvalue weighted by Gasteiger charge is 2.19. The molecule has 0 fully saturated rings. The number of nitrogens with two attached hydrogens (primary N) is 1. The molecule has 0 radical (unpaired) electrons. The molecule has 0 saturated heterocycles. The second-order valence-electron chi connectivity index (χ2n) is 6.34. The van der Waals surface area contributed by atoms with Crippen molar-refractivity contribution in [3.63, 3.8) is 0 Å². The molecule has 0 aliphatic rings. The second-order valence-corrected chi connectivity index (χ2v) is 7.28. The summed E-state index contributed by atoms with van der Waals surface area (Å²) in [4.78, 5) is 21.5. The molecule has 152 valence electrons. The lowest BCUT2D eigenvalue weighted by Crippen LogP contribution is -2.24. The number of imidazole rings is 1. The molecular weight excluding hydrogens is 404 g/mol. The van der Waals surface area contributed by atoms with E-state index in [9.17, 15) is 8.76 Å². The van der Waals surface area contributed by atoms with Gasteiger partial charge in [-0.3, -0.25) is 4.98 Å². The van der Waals surface area contributed by atoms with E-state index in [4.69, 9.17) is 5.73 Å². The van der Waals surface area contributed by atoms with Crippen molar-refractivity contribution >= 4 is 45.3 Å². The fraction of sp³-hybridized carbons (Fsp3) is 0.105. The third kappa shape index (κ3) is 3.88. The van der Waals surface area contributed by atoms with E-state index in [1.807, 2.05) is 13.0 Å². The van der Waals surface area contributed by atoms with Crippen molar-refractivity contribution in [3.05, 3.63) is 61.4 Å². The highest BCUT2D eigenvalue weighted by Crippen LogP contribution is 2.26. The first-order chi connectivity index (χ1) is 14.5. The van der Waals surface area contributed by atoms with E-state index in [2.05, 4.69) is 30.2 Å². The van der Waals surface area contributed by atoms with Crippen molar-refractivity contribution in [1.29, 1.82) is 0 Å². The van der Waals surface area contributed by atoms with Crippen molar-refractivity contribution in [2.24, 2.45) is 4.99 Å². The van der Waals surface area contributed by atoms with Crippen LogP contribution in [0.15, 0.2) is 71.3 Å². The quantitative estimate of drug-likeness (QED) is 0.253. The van der Waals surface area contributed by atoms with Crippen molar-refractivity contribution in [2.75, 3.05) is 11.1 Å². The number of hydrogen-bond acceptors (Lipinski definition) is 7. The first-order valence-corrected chi connectivity index (χ1v) is 10.0. The summed E-state index contributed by atoms with van der Waals surface area (Å²) < 4.78 is 23.2. The maximum absolute atomic E-state index is 11.7. The van der Waals surface area contributed by atoms with E-state index in [0.717, 1.165) is 0 Å². The zero-order chi connectivity index (χ0) is 21.1. The summed E-state index contributed by atoms with van der Waals surface area (Å²) >= 11 is -2.18. The van der Waals surface area contributed by atoms with E-state index in [-0.39, 0.29) is 16.8 Å². The van der Waals surface area contributed by atoms with Crippen LogP contribution in [0.4, 0.5) is 17.2 Å². The van der Waals surface area contributed by atoms with Gasteiger partial charge in [-0.2, -0.15) is 0 Å². The number of benzene rings is 1. The molecule has 4 N–H and O–H groups in total. The Labute approximate surface area is 174 Å². The van der Waals surface area contributed by atoms with Crippen LogP contribution in [-0.2, 0) is 11.1 Å². The summed E-state index contributed by atoms with van der Waals surface area (Å²) in [5.74, 6) is 0.781. The van der Waals surface area contributed by atoms with Gasteiger partial charge in [0.15, 0.2) is 22.5 Å². The molecular formula is C19H18N8O2S. The van der Waals surface area contributed by atoms with Gasteiger partial charge >= 0.3 is 0 Å². The molecule has 0 amide bonds. The Bertz CT molecular complexity index is 1240. The van der Waals surface area contributed by atoms with Gasteiger partial charge in [0.1, 0.15) is 17.7 Å². The first kappa shape index (κ1) is 19.6. The highest BCUT2D eigenvalue weighted by molar-refractivity contribution is 7.79. The number of nitrogens with zero attached hydrogens (tertiary/aromatic N) is 6. The van der Waals surface area contributed by atoms with Crippen LogP contribution in [0.3, 0.4) is 0 Å². The molecule has 30 heavy (non-hydrogen) atoms. The number of hydrogen-bond donors (Lipinski definition) is 3. The predicted molar refractivity (Wildman–Crippen MR) is 115 cm³/mol. The Hall–Kier alpha value is -3.70. The second kappa shape index (κ2) is 8.35. The molecule has 3 heterocycles. The molecule has 0 aliphatic heterocycles. The summed E-state index contributed by atoms with van der Waals surface area (Å²) in [5, 5.41) is 3.24. The third-order valence-corrected chi connectivity index (χ3v) is 5.15. The van der Waals surface area contributed by atoms with Crippen LogP contribution < -0.4 is 11.1 Å². The van der Waals surface area contributed by atoms with Crippen LogP contribution in [0.1, 0.15) is 13.0 Å². The molecule has 2 unspecified atom stereocenters. The van der Waals surface area contributed by atoms with Gasteiger partial charge in [0.2, 0.25) is 0 Å². The molecule has 0 aliphatic carbocycles. The molecule has 4 rings (SSSR count). The van der Waals surface area contributed by atoms with Gasteiger partial charge in [0.05, 0.1) is 34.8 Å². The third-order valence-electron chi connectivity index (χ3n) is 4.43. The van der Waals surface area contributed by atoms with Crippen molar-refractivity contribution in [1.82, 2.24) is 24.5 Å². The van der Waals surface area contributed by atoms with Gasteiger partial charge in [0.25, 0.3) is 0 Å². The monoisotopic (exact) mass is 422 g/mol. The summed E-state index contributed by atoms with van der Waals surface area (Å²) in [7, 11) is 0. The molecule has 0 bridgehead atoms. The number of nitrogen functional groups attached to an aromatic ring is 1. The predicted octanol–water partition coefficient (Wildman–Crippen LogP) is 2.79. The lowest BCUT2D eigenvalue weighted by Gasteiger charge is -2.19. The largest absolute Gasteiger partial charge is 0.382 e. The standard InChI is InChI=1S/C19H18N8O2S/c1-12(27-11-24-16-17(20)22-10-23-19(16)27)18(25-13-5-4-8-21-9-13)26-14-6-2-3-7-15(14)30(28)29/h2-12H,1H3,(H,25,26)(H,28,29)(H2,20,22,23). The number of nitrogens with one attached hydrogen (secondary N) is 1. The SMILES string of the molecule is CC(C(=Nc1ccccc1S(=O)O)Nc1cccnc1)n1cnc2c(N)ncnc21. The molecule has 10 nitrogen and oxygen atoms in total.